The predicted octanol–water partition coefficient (Wildman–Crippen LogP) is 0.263. The molecule has 3 aromatic heterocycles. The van der Waals surface area contributed by atoms with Crippen LogP contribution < -0.4 is 33.4 Å². The largest absolute Gasteiger partial charge is 0.316 e. The van der Waals surface area contributed by atoms with Crippen LogP contribution >= 0.6 is 0 Å². The number of hydrogen-bond acceptors (Lipinski definition) is 6. The fourth-order valence-electron chi connectivity index (χ4n) is 6.10. The number of aromatic nitrogens is 6. The van der Waals surface area contributed by atoms with Crippen LogP contribution in [-0.2, 0) is 0 Å². The van der Waals surface area contributed by atoms with Crippen LogP contribution in [-0.4, -0.2) is 29.9 Å². The van der Waals surface area contributed by atoms with Crippen molar-refractivity contribution in [1.82, 2.24) is 29.9 Å². The molecule has 0 atom stereocenters. The van der Waals surface area contributed by atoms with E-state index in [1.165, 1.54) is 0 Å². The zero-order valence-electron chi connectivity index (χ0n) is 19.1. The zero-order valence-corrected chi connectivity index (χ0v) is 19.1. The molecule has 0 amide bonds. The summed E-state index contributed by atoms with van der Waals surface area (Å²) in [5, 5.41) is 0. The minimum Gasteiger partial charge on any atom is -0.316 e. The van der Waals surface area contributed by atoms with Gasteiger partial charge in [-0.2, -0.15) is 0 Å². The molecule has 9 rings (SSSR count). The first-order valence-corrected chi connectivity index (χ1v) is 11.7. The molecule has 3 aromatic carbocycles. The van der Waals surface area contributed by atoms with E-state index in [9.17, 15) is 28.8 Å². The van der Waals surface area contributed by atoms with Gasteiger partial charge in [0, 0.05) is 11.8 Å². The summed E-state index contributed by atoms with van der Waals surface area (Å²) in [7, 11) is 0. The zero-order chi connectivity index (χ0) is 26.0. The Kier molecular flexibility index (Phi) is 3.60. The Bertz CT molecular complexity index is 2010. The van der Waals surface area contributed by atoms with Gasteiger partial charge < -0.3 is 29.9 Å². The van der Waals surface area contributed by atoms with Crippen LogP contribution in [0.15, 0.2) is 65.2 Å². The molecular formula is C26H14N6O6. The van der Waals surface area contributed by atoms with Crippen LogP contribution in [0.25, 0.3) is 33.1 Å². The highest BCUT2D eigenvalue weighted by atomic mass is 16.2. The lowest BCUT2D eigenvalue weighted by Crippen LogP contribution is -2.32. The van der Waals surface area contributed by atoms with Gasteiger partial charge in [-0.25, -0.2) is 0 Å². The highest BCUT2D eigenvalue weighted by molar-refractivity contribution is 5.87. The Morgan fingerprint density at radius 3 is 0.632 bits per heavy atom. The third-order valence-electron chi connectivity index (χ3n) is 7.64. The van der Waals surface area contributed by atoms with Crippen molar-refractivity contribution in [3.63, 3.8) is 0 Å². The molecule has 0 radical (unpaired) electrons. The van der Waals surface area contributed by atoms with Gasteiger partial charge in [0.1, 0.15) is 0 Å². The van der Waals surface area contributed by atoms with Crippen LogP contribution in [0.1, 0.15) is 45.2 Å². The lowest BCUT2D eigenvalue weighted by molar-refractivity contribution is 0.758. The normalized spacial score (nSPS) is 17.1. The van der Waals surface area contributed by atoms with Gasteiger partial charge in [0.25, 0.3) is 0 Å². The molecule has 12 heteroatoms. The highest BCUT2D eigenvalue weighted by Crippen LogP contribution is 2.57. The van der Waals surface area contributed by atoms with E-state index in [1.807, 2.05) is 36.4 Å². The van der Waals surface area contributed by atoms with Gasteiger partial charge in [-0.1, -0.05) is 0 Å². The number of aromatic amines is 6. The molecule has 184 valence electrons. The van der Waals surface area contributed by atoms with Crippen molar-refractivity contribution in [2.24, 2.45) is 0 Å². The fraction of sp³-hybridized carbons (Fsp3) is 0.0769. The van der Waals surface area contributed by atoms with Crippen molar-refractivity contribution >= 4 is 33.1 Å². The number of nitrogens with one attached hydrogen (secondary N) is 6. The molecule has 0 saturated carbocycles. The summed E-state index contributed by atoms with van der Waals surface area (Å²) in [6.07, 6.45) is 0. The molecular weight excluding hydrogens is 492 g/mol. The van der Waals surface area contributed by atoms with Gasteiger partial charge in [0.2, 0.25) is 0 Å². The van der Waals surface area contributed by atoms with E-state index >= 15 is 0 Å². The van der Waals surface area contributed by atoms with Crippen LogP contribution in [0.2, 0.25) is 0 Å². The average Bonchev–Trinajstić information content (AvgIpc) is 2.87. The number of benzene rings is 3. The highest BCUT2D eigenvalue weighted by Gasteiger charge is 2.42. The Labute approximate surface area is 207 Å². The van der Waals surface area contributed by atoms with E-state index in [-0.39, 0.29) is 11.8 Å². The molecule has 3 aliphatic carbocycles. The molecule has 12 nitrogen and oxygen atoms in total. The quantitative estimate of drug-likeness (QED) is 0.159. The maximum atomic E-state index is 12.0. The third-order valence-corrected chi connectivity index (χ3v) is 7.64. The summed E-state index contributed by atoms with van der Waals surface area (Å²) in [4.78, 5) is 88.0. The molecule has 6 aromatic rings. The second-order valence-electron chi connectivity index (χ2n) is 9.67. The number of hydrogen-bond donors (Lipinski definition) is 6. The second kappa shape index (κ2) is 6.62. The summed E-state index contributed by atoms with van der Waals surface area (Å²) in [5.74, 6) is -0.751. The summed E-state index contributed by atoms with van der Waals surface area (Å²) < 4.78 is 0. The van der Waals surface area contributed by atoms with Gasteiger partial charge in [-0.15, -0.1) is 0 Å². The van der Waals surface area contributed by atoms with E-state index in [1.54, 1.807) is 0 Å². The van der Waals surface area contributed by atoms with Crippen molar-refractivity contribution in [3.8, 4) is 0 Å². The van der Waals surface area contributed by atoms with Crippen LogP contribution in [0.5, 0.6) is 0 Å². The van der Waals surface area contributed by atoms with Crippen molar-refractivity contribution in [2.45, 2.75) is 11.8 Å². The van der Waals surface area contributed by atoms with Gasteiger partial charge in [-0.3, -0.25) is 28.8 Å². The number of rotatable bonds is 0. The molecule has 0 unspecified atom stereocenters. The molecule has 6 N–H and O–H groups in total. The Morgan fingerprint density at radius 1 is 0.316 bits per heavy atom. The molecule has 0 spiro atoms. The first-order chi connectivity index (χ1) is 18.3. The average molecular weight is 506 g/mol. The van der Waals surface area contributed by atoms with Gasteiger partial charge in [0.05, 0.1) is 33.1 Å². The minimum absolute atomic E-state index is 0.375. The van der Waals surface area contributed by atoms with Crippen molar-refractivity contribution in [1.29, 1.82) is 0 Å². The van der Waals surface area contributed by atoms with Gasteiger partial charge >= 0.3 is 33.4 Å². The lowest BCUT2D eigenvalue weighted by Gasteiger charge is -2.42. The molecule has 3 aliphatic rings. The minimum atomic E-state index is -0.765. The van der Waals surface area contributed by atoms with Crippen molar-refractivity contribution in [3.05, 3.63) is 132 Å². The number of H-pyrrole nitrogens is 6. The molecule has 0 aliphatic heterocycles. The summed E-state index contributed by atoms with van der Waals surface area (Å²) in [5.41, 5.74) is 3.43. The summed E-state index contributed by atoms with van der Waals surface area (Å²) in [6.45, 7) is 0. The maximum Gasteiger partial charge on any atom is 0.314 e. The first-order valence-electron chi connectivity index (χ1n) is 11.7. The molecule has 0 fully saturated rings. The molecule has 38 heavy (non-hydrogen) atoms. The second-order valence-corrected chi connectivity index (χ2v) is 9.67. The van der Waals surface area contributed by atoms with E-state index in [4.69, 9.17) is 0 Å². The van der Waals surface area contributed by atoms with E-state index in [0.717, 1.165) is 33.4 Å². The standard InChI is InChI=1S/C26H14N6O6/c33-21-22(34)28-14-2-8-7(1-13(14)27-21)19-9-3-15-17(31-25(37)23(35)29-15)5-11(9)20(8)12-6-18-16(4-10(12)19)30-24(36)26(38)32-18/h1-6,19-20H,(H,27,33)(H,28,34)(H,29,35)(H,30,36)(H,31,37)(H,32,38). The van der Waals surface area contributed by atoms with Crippen molar-refractivity contribution in [2.75, 3.05) is 0 Å². The Hall–Kier alpha value is -5.52. The van der Waals surface area contributed by atoms with E-state index < -0.39 is 33.4 Å². The maximum absolute atomic E-state index is 12.0. The summed E-state index contributed by atoms with van der Waals surface area (Å²) in [6, 6.07) is 10.9. The van der Waals surface area contributed by atoms with Gasteiger partial charge in [-0.05, 0) is 69.8 Å². The van der Waals surface area contributed by atoms with Crippen LogP contribution in [0, 0.1) is 0 Å². The monoisotopic (exact) mass is 506 g/mol. The van der Waals surface area contributed by atoms with E-state index in [2.05, 4.69) is 29.9 Å². The van der Waals surface area contributed by atoms with Crippen molar-refractivity contribution < 1.29 is 0 Å². The topological polar surface area (TPSA) is 197 Å². The SMILES string of the molecule is O=c1[nH]c2cc3c(cc2[nH]c1=O)C1c2cc4[nH]c(=O)c(=O)[nH]c4cc2C3c2cc3[nH]c(=O)c(=O)[nH]c3cc21. The Balaban J connectivity index is 1.53. The van der Waals surface area contributed by atoms with E-state index in [0.29, 0.717) is 33.1 Å². The molecule has 2 bridgehead atoms. The number of fused-ring (bicyclic) bond motifs is 3. The lowest BCUT2D eigenvalue weighted by atomic mass is 9.61. The first kappa shape index (κ1) is 20.7. The predicted molar refractivity (Wildman–Crippen MR) is 137 cm³/mol. The Morgan fingerprint density at radius 2 is 0.474 bits per heavy atom. The van der Waals surface area contributed by atoms with Gasteiger partial charge in [0.15, 0.2) is 0 Å². The molecule has 3 heterocycles. The third kappa shape index (κ3) is 2.52. The summed E-state index contributed by atoms with van der Waals surface area (Å²) >= 11 is 0. The van der Waals surface area contributed by atoms with Crippen LogP contribution in [0.3, 0.4) is 0 Å². The van der Waals surface area contributed by atoms with Crippen LogP contribution in [0.4, 0.5) is 0 Å². The smallest absolute Gasteiger partial charge is 0.314 e. The fourth-order valence-corrected chi connectivity index (χ4v) is 6.10. The molecule has 0 saturated heterocycles.